The Morgan fingerprint density at radius 1 is 1.41 bits per heavy atom. The van der Waals surface area contributed by atoms with Crippen LogP contribution < -0.4 is 10.1 Å². The van der Waals surface area contributed by atoms with Gasteiger partial charge in [-0.3, -0.25) is 4.79 Å². The van der Waals surface area contributed by atoms with Crippen LogP contribution in [-0.2, 0) is 4.79 Å². The summed E-state index contributed by atoms with van der Waals surface area (Å²) in [5.41, 5.74) is 0. The van der Waals surface area contributed by atoms with E-state index in [2.05, 4.69) is 17.3 Å². The minimum absolute atomic E-state index is 0.130. The van der Waals surface area contributed by atoms with Gasteiger partial charge in [-0.1, -0.05) is 0 Å². The van der Waals surface area contributed by atoms with Crippen LogP contribution in [0.2, 0.25) is 0 Å². The topological polar surface area (TPSA) is 56.2 Å². The molecule has 6 heteroatoms. The zero-order valence-corrected chi connectivity index (χ0v) is 12.3. The van der Waals surface area contributed by atoms with E-state index >= 15 is 0 Å². The van der Waals surface area contributed by atoms with E-state index in [1.165, 1.54) is 37.1 Å². The minimum atomic E-state index is -0.338. The molecule has 1 saturated carbocycles. The molecule has 1 fully saturated rings. The van der Waals surface area contributed by atoms with E-state index < -0.39 is 0 Å². The molecule has 1 aromatic heterocycles. The van der Waals surface area contributed by atoms with E-state index in [0.717, 1.165) is 0 Å². The van der Waals surface area contributed by atoms with Gasteiger partial charge in [0.05, 0.1) is 12.2 Å². The van der Waals surface area contributed by atoms with E-state index in [-0.39, 0.29) is 24.4 Å². The van der Waals surface area contributed by atoms with Crippen molar-refractivity contribution < 1.29 is 13.9 Å². The van der Waals surface area contributed by atoms with Crippen LogP contribution in [0.4, 0.5) is 10.2 Å². The lowest BCUT2D eigenvalue weighted by Crippen LogP contribution is -2.23. The third-order valence-corrected chi connectivity index (χ3v) is 3.81. The Kier molecular flexibility index (Phi) is 4.09. The van der Waals surface area contributed by atoms with Crippen LogP contribution in [0.3, 0.4) is 0 Å². The summed E-state index contributed by atoms with van der Waals surface area (Å²) in [4.78, 5) is 12.0. The van der Waals surface area contributed by atoms with Gasteiger partial charge in [0.15, 0.2) is 6.61 Å². The van der Waals surface area contributed by atoms with Crippen LogP contribution in [0.15, 0.2) is 36.5 Å². The van der Waals surface area contributed by atoms with E-state index in [9.17, 15) is 9.18 Å². The van der Waals surface area contributed by atoms with Gasteiger partial charge in [-0.15, -0.1) is 0 Å². The molecule has 1 N–H and O–H groups in total. The van der Waals surface area contributed by atoms with Crippen LogP contribution in [0.1, 0.15) is 25.8 Å². The maximum Gasteiger partial charge on any atom is 0.263 e. The molecule has 1 aliphatic rings. The zero-order valence-electron chi connectivity index (χ0n) is 12.3. The minimum Gasteiger partial charge on any atom is -0.484 e. The van der Waals surface area contributed by atoms with Gasteiger partial charge in [0, 0.05) is 6.07 Å². The highest BCUT2D eigenvalue weighted by Gasteiger charge is 2.30. The summed E-state index contributed by atoms with van der Waals surface area (Å²) >= 11 is 0. The van der Waals surface area contributed by atoms with Crippen LogP contribution in [0.5, 0.6) is 5.75 Å². The Bertz CT molecular complexity index is 650. The van der Waals surface area contributed by atoms with E-state index in [1.54, 1.807) is 12.3 Å². The molecule has 1 amide bonds. The number of aromatic nitrogens is 2. The number of ether oxygens (including phenoxy) is 1. The summed E-state index contributed by atoms with van der Waals surface area (Å²) in [7, 11) is 0. The molecule has 2 aromatic rings. The molecule has 1 aliphatic carbocycles. The summed E-state index contributed by atoms with van der Waals surface area (Å²) < 4.78 is 19.9. The molecule has 0 saturated heterocycles. The molecule has 5 nitrogen and oxygen atoms in total. The van der Waals surface area contributed by atoms with Crippen LogP contribution in [-0.4, -0.2) is 22.3 Å². The predicted octanol–water partition coefficient (Wildman–Crippen LogP) is 3.01. The number of halogens is 1. The lowest BCUT2D eigenvalue weighted by atomic mass is 10.2. The van der Waals surface area contributed by atoms with E-state index in [4.69, 9.17) is 4.74 Å². The van der Waals surface area contributed by atoms with Crippen molar-refractivity contribution in [2.75, 3.05) is 11.9 Å². The highest BCUT2D eigenvalue weighted by Crippen LogP contribution is 2.40. The molecule has 22 heavy (non-hydrogen) atoms. The molecule has 0 unspecified atom stereocenters. The fourth-order valence-electron chi connectivity index (χ4n) is 2.37. The van der Waals surface area contributed by atoms with Crippen molar-refractivity contribution in [3.05, 3.63) is 42.3 Å². The van der Waals surface area contributed by atoms with E-state index in [0.29, 0.717) is 17.5 Å². The number of hydrogen-bond donors (Lipinski definition) is 1. The number of carbonyl (C=O) groups is 1. The van der Waals surface area contributed by atoms with Gasteiger partial charge in [-0.2, -0.15) is 5.10 Å². The van der Waals surface area contributed by atoms with Gasteiger partial charge in [-0.25, -0.2) is 9.07 Å². The Balaban J connectivity index is 1.55. The van der Waals surface area contributed by atoms with Gasteiger partial charge in [0.1, 0.15) is 17.4 Å². The average Bonchev–Trinajstić information content (AvgIpc) is 3.26. The van der Waals surface area contributed by atoms with Gasteiger partial charge >= 0.3 is 0 Å². The Morgan fingerprint density at radius 2 is 2.14 bits per heavy atom. The van der Waals surface area contributed by atoms with Crippen LogP contribution >= 0.6 is 0 Å². The third-order valence-electron chi connectivity index (χ3n) is 3.81. The number of anilines is 1. The van der Waals surface area contributed by atoms with Crippen molar-refractivity contribution in [1.29, 1.82) is 0 Å². The smallest absolute Gasteiger partial charge is 0.263 e. The van der Waals surface area contributed by atoms with Crippen molar-refractivity contribution in [3.8, 4) is 5.75 Å². The largest absolute Gasteiger partial charge is 0.484 e. The lowest BCUT2D eigenvalue weighted by Gasteiger charge is -2.15. The maximum atomic E-state index is 12.8. The number of carbonyl (C=O) groups excluding carboxylic acids is 1. The van der Waals surface area contributed by atoms with Gasteiger partial charge in [-0.05, 0) is 49.9 Å². The highest BCUT2D eigenvalue weighted by atomic mass is 19.1. The van der Waals surface area contributed by atoms with Crippen molar-refractivity contribution in [2.24, 2.45) is 5.92 Å². The number of amides is 1. The quantitative estimate of drug-likeness (QED) is 0.892. The molecule has 0 radical (unpaired) electrons. The van der Waals surface area contributed by atoms with Crippen molar-refractivity contribution in [1.82, 2.24) is 9.78 Å². The first-order chi connectivity index (χ1) is 10.6. The first-order valence-corrected chi connectivity index (χ1v) is 7.35. The summed E-state index contributed by atoms with van der Waals surface area (Å²) in [6, 6.07) is 7.61. The number of nitrogens with zero attached hydrogens (tertiary/aromatic N) is 2. The molecular formula is C16H18FN3O2. The van der Waals surface area contributed by atoms with Crippen molar-refractivity contribution in [2.45, 2.75) is 25.8 Å². The second-order valence-electron chi connectivity index (χ2n) is 5.53. The molecule has 0 aliphatic heterocycles. The van der Waals surface area contributed by atoms with Gasteiger partial charge in [0.25, 0.3) is 5.91 Å². The van der Waals surface area contributed by atoms with Crippen molar-refractivity contribution in [3.63, 3.8) is 0 Å². The molecule has 0 bridgehead atoms. The molecule has 3 rings (SSSR count). The molecule has 1 heterocycles. The Labute approximate surface area is 128 Å². The molecule has 1 aromatic carbocycles. The fourth-order valence-corrected chi connectivity index (χ4v) is 2.37. The van der Waals surface area contributed by atoms with Crippen LogP contribution in [0.25, 0.3) is 0 Å². The lowest BCUT2D eigenvalue weighted by molar-refractivity contribution is -0.118. The zero-order chi connectivity index (χ0) is 15.5. The summed E-state index contributed by atoms with van der Waals surface area (Å²) in [6.45, 7) is 1.98. The van der Waals surface area contributed by atoms with Crippen LogP contribution in [0, 0.1) is 11.7 Å². The maximum absolute atomic E-state index is 12.8. The third kappa shape index (κ3) is 3.44. The van der Waals surface area contributed by atoms with Gasteiger partial charge in [0.2, 0.25) is 0 Å². The molecule has 0 spiro atoms. The summed E-state index contributed by atoms with van der Waals surface area (Å²) in [5, 5.41) is 7.08. The van der Waals surface area contributed by atoms with Gasteiger partial charge < -0.3 is 10.1 Å². The number of hydrogen-bond acceptors (Lipinski definition) is 3. The fraction of sp³-hybridized carbons (Fsp3) is 0.375. The first-order valence-electron chi connectivity index (χ1n) is 7.35. The Morgan fingerprint density at radius 3 is 2.82 bits per heavy atom. The molecule has 116 valence electrons. The number of rotatable bonds is 6. The van der Waals surface area contributed by atoms with E-state index in [1.807, 2.05) is 4.68 Å². The number of benzene rings is 1. The second-order valence-corrected chi connectivity index (χ2v) is 5.53. The standard InChI is InChI=1S/C16H18FN3O2/c1-11(12-2-3-12)20-15(8-9-18-20)19-16(21)10-22-14-6-4-13(17)5-7-14/h4-9,11-12H,2-3,10H2,1H3,(H,19,21)/t11-/m1/s1. The highest BCUT2D eigenvalue weighted by molar-refractivity contribution is 5.91. The Hall–Kier alpha value is -2.37. The predicted molar refractivity (Wildman–Crippen MR) is 80.2 cm³/mol. The molecular weight excluding hydrogens is 285 g/mol. The van der Waals surface area contributed by atoms with Crippen molar-refractivity contribution >= 4 is 11.7 Å². The summed E-state index contributed by atoms with van der Waals surface area (Å²) in [6.07, 6.45) is 4.10. The number of nitrogens with one attached hydrogen (secondary N) is 1. The second kappa shape index (κ2) is 6.17. The SMILES string of the molecule is C[C@H](C1CC1)n1nccc1NC(=O)COc1ccc(F)cc1. The molecule has 1 atom stereocenters. The summed E-state index contributed by atoms with van der Waals surface area (Å²) in [5.74, 6) is 1.17. The first kappa shape index (κ1) is 14.6. The monoisotopic (exact) mass is 303 g/mol. The normalized spacial score (nSPS) is 15.4. The average molecular weight is 303 g/mol.